The molecule has 2 aromatic rings. The van der Waals surface area contributed by atoms with E-state index in [9.17, 15) is 18.0 Å². The molecule has 2 heterocycles. The predicted octanol–water partition coefficient (Wildman–Crippen LogP) is 3.56. The number of rotatable bonds is 13. The molecule has 0 radical (unpaired) electrons. The van der Waals surface area contributed by atoms with Gasteiger partial charge in [-0.1, -0.05) is 44.2 Å². The Morgan fingerprint density at radius 3 is 2.46 bits per heavy atom. The number of morpholine rings is 1. The fourth-order valence-electron chi connectivity index (χ4n) is 7.00. The second kappa shape index (κ2) is 12.4. The number of hydrogen-bond donors (Lipinski definition) is 0. The molecule has 224 valence electrons. The molecule has 5 rings (SSSR count). The van der Waals surface area contributed by atoms with Gasteiger partial charge in [0.2, 0.25) is 15.9 Å². The molecule has 41 heavy (non-hydrogen) atoms. The number of nitrogens with zero attached hydrogens (tertiary/aromatic N) is 3. The zero-order valence-corrected chi connectivity index (χ0v) is 25.1. The van der Waals surface area contributed by atoms with Gasteiger partial charge in [0.25, 0.3) is 0 Å². The normalized spacial score (nSPS) is 24.3. The Balaban J connectivity index is 1.36. The number of furan rings is 1. The lowest BCUT2D eigenvalue weighted by molar-refractivity contribution is -0.133. The fourth-order valence-corrected chi connectivity index (χ4v) is 9.20. The predicted molar refractivity (Wildman–Crippen MR) is 155 cm³/mol. The number of sulfonamides is 1. The third kappa shape index (κ3) is 6.45. The molecule has 3 aliphatic rings. The first-order valence-corrected chi connectivity index (χ1v) is 16.4. The maximum absolute atomic E-state index is 14.2. The molecular weight excluding hydrogens is 542 g/mol. The van der Waals surface area contributed by atoms with E-state index in [2.05, 4.69) is 4.90 Å². The molecule has 2 unspecified atom stereocenters. The zero-order valence-electron chi connectivity index (χ0n) is 24.3. The van der Waals surface area contributed by atoms with Crippen LogP contribution in [0.3, 0.4) is 0 Å². The summed E-state index contributed by atoms with van der Waals surface area (Å²) in [4.78, 5) is 31.0. The summed E-state index contributed by atoms with van der Waals surface area (Å²) in [6.45, 7) is 8.30. The van der Waals surface area contributed by atoms with Crippen LogP contribution >= 0.6 is 0 Å². The standard InChI is InChI=1S/C31H43N3O6S/c1-30(2)26-11-12-31(30,28(35)20-26)24-41(37,38)34(14-7-13-32-15-18-39-19-16-32)23-29(36)33(22-27-10-6-17-40-27)21-25-8-4-3-5-9-25/h3-6,8-10,17,26H,7,11-16,18-24H2,1-2H3. The van der Waals surface area contributed by atoms with Crippen molar-refractivity contribution in [1.82, 2.24) is 14.1 Å². The van der Waals surface area contributed by atoms with E-state index in [1.54, 1.807) is 17.2 Å². The second-order valence-corrected chi connectivity index (χ2v) is 14.3. The molecule has 1 aliphatic heterocycles. The average molecular weight is 586 g/mol. The zero-order chi connectivity index (χ0) is 29.1. The third-order valence-electron chi connectivity index (χ3n) is 9.75. The van der Waals surface area contributed by atoms with E-state index in [-0.39, 0.29) is 48.4 Å². The number of carbonyl (C=O) groups is 2. The molecule has 1 amide bonds. The van der Waals surface area contributed by atoms with Gasteiger partial charge in [-0.3, -0.25) is 14.5 Å². The largest absolute Gasteiger partial charge is 0.467 e. The highest BCUT2D eigenvalue weighted by molar-refractivity contribution is 7.89. The number of amides is 1. The van der Waals surface area contributed by atoms with E-state index < -0.39 is 15.4 Å². The van der Waals surface area contributed by atoms with Crippen molar-refractivity contribution in [3.05, 3.63) is 60.1 Å². The van der Waals surface area contributed by atoms with Crippen LogP contribution in [0.15, 0.2) is 53.1 Å². The summed E-state index contributed by atoms with van der Waals surface area (Å²) in [6, 6.07) is 13.2. The van der Waals surface area contributed by atoms with Crippen molar-refractivity contribution in [3.63, 3.8) is 0 Å². The number of benzene rings is 1. The second-order valence-electron chi connectivity index (χ2n) is 12.4. The summed E-state index contributed by atoms with van der Waals surface area (Å²) >= 11 is 0. The van der Waals surface area contributed by atoms with Crippen molar-refractivity contribution < 1.29 is 27.2 Å². The van der Waals surface area contributed by atoms with Gasteiger partial charge in [-0.2, -0.15) is 4.31 Å². The first kappa shape index (κ1) is 29.9. The van der Waals surface area contributed by atoms with Crippen molar-refractivity contribution in [2.24, 2.45) is 16.7 Å². The molecule has 2 bridgehead atoms. The summed E-state index contributed by atoms with van der Waals surface area (Å²) in [5, 5.41) is 0. The number of hydrogen-bond acceptors (Lipinski definition) is 7. The monoisotopic (exact) mass is 585 g/mol. The van der Waals surface area contributed by atoms with Crippen LogP contribution in [-0.2, 0) is 37.4 Å². The van der Waals surface area contributed by atoms with Gasteiger partial charge in [0, 0.05) is 38.0 Å². The molecule has 1 saturated heterocycles. The molecule has 2 atom stereocenters. The van der Waals surface area contributed by atoms with Gasteiger partial charge in [0.05, 0.1) is 38.3 Å². The van der Waals surface area contributed by atoms with Crippen molar-refractivity contribution in [3.8, 4) is 0 Å². The Kier molecular flexibility index (Phi) is 9.04. The third-order valence-corrected chi connectivity index (χ3v) is 11.7. The first-order valence-electron chi connectivity index (χ1n) is 14.8. The maximum Gasteiger partial charge on any atom is 0.238 e. The quantitative estimate of drug-likeness (QED) is 0.354. The van der Waals surface area contributed by atoms with E-state index in [0.29, 0.717) is 44.8 Å². The molecule has 1 aromatic heterocycles. The number of fused-ring (bicyclic) bond motifs is 2. The topological polar surface area (TPSA) is 100 Å². The minimum atomic E-state index is -3.92. The van der Waals surface area contributed by atoms with Gasteiger partial charge >= 0.3 is 0 Å². The summed E-state index contributed by atoms with van der Waals surface area (Å²) < 4.78 is 40.7. The minimum absolute atomic E-state index is 0.0606. The van der Waals surface area contributed by atoms with Crippen LogP contribution in [0.1, 0.15) is 50.9 Å². The van der Waals surface area contributed by atoms with E-state index in [1.165, 1.54) is 4.31 Å². The van der Waals surface area contributed by atoms with E-state index >= 15 is 0 Å². The van der Waals surface area contributed by atoms with Crippen LogP contribution in [0.4, 0.5) is 0 Å². The van der Waals surface area contributed by atoms with Crippen molar-refractivity contribution in [2.75, 3.05) is 51.7 Å². The Morgan fingerprint density at radius 2 is 1.83 bits per heavy atom. The summed E-state index contributed by atoms with van der Waals surface area (Å²) in [5.41, 5.74) is -0.317. The van der Waals surface area contributed by atoms with Crippen molar-refractivity contribution in [1.29, 1.82) is 0 Å². The first-order chi connectivity index (χ1) is 19.6. The van der Waals surface area contributed by atoms with Crippen LogP contribution in [0.2, 0.25) is 0 Å². The number of carbonyl (C=O) groups excluding carboxylic acids is 2. The van der Waals surface area contributed by atoms with Gasteiger partial charge in [-0.05, 0) is 54.8 Å². The fraction of sp³-hybridized carbons (Fsp3) is 0.613. The number of ketones is 1. The number of ether oxygens (including phenoxy) is 1. The summed E-state index contributed by atoms with van der Waals surface area (Å²) in [7, 11) is -3.92. The van der Waals surface area contributed by atoms with E-state index in [1.807, 2.05) is 50.2 Å². The minimum Gasteiger partial charge on any atom is -0.467 e. The Bertz CT molecular complexity index is 1290. The lowest BCUT2D eigenvalue weighted by Gasteiger charge is -2.38. The molecule has 9 nitrogen and oxygen atoms in total. The van der Waals surface area contributed by atoms with Crippen LogP contribution in [-0.4, -0.2) is 85.9 Å². The molecule has 1 aromatic carbocycles. The van der Waals surface area contributed by atoms with Gasteiger partial charge in [0.1, 0.15) is 11.5 Å². The van der Waals surface area contributed by atoms with Gasteiger partial charge in [0.15, 0.2) is 0 Å². The van der Waals surface area contributed by atoms with Crippen molar-refractivity contribution in [2.45, 2.75) is 52.6 Å². The highest BCUT2D eigenvalue weighted by Crippen LogP contribution is 2.64. The Hall–Kier alpha value is -2.53. The summed E-state index contributed by atoms with van der Waals surface area (Å²) in [6.07, 6.45) is 4.08. The highest BCUT2D eigenvalue weighted by atomic mass is 32.2. The Morgan fingerprint density at radius 1 is 1.07 bits per heavy atom. The molecule has 2 aliphatic carbocycles. The number of Topliss-reactive ketones (excluding diaryl/α,β-unsaturated/α-hetero) is 1. The molecule has 3 fully saturated rings. The molecule has 0 spiro atoms. The summed E-state index contributed by atoms with van der Waals surface area (Å²) in [5.74, 6) is 0.384. The van der Waals surface area contributed by atoms with Gasteiger partial charge in [-0.15, -0.1) is 0 Å². The van der Waals surface area contributed by atoms with E-state index in [4.69, 9.17) is 9.15 Å². The van der Waals surface area contributed by atoms with Crippen LogP contribution in [0, 0.1) is 16.7 Å². The molecule has 2 saturated carbocycles. The smallest absolute Gasteiger partial charge is 0.238 e. The van der Waals surface area contributed by atoms with E-state index in [0.717, 1.165) is 31.6 Å². The molecule has 0 N–H and O–H groups in total. The Labute approximate surface area is 243 Å². The lowest BCUT2D eigenvalue weighted by Crippen LogP contribution is -2.49. The van der Waals surface area contributed by atoms with Crippen LogP contribution < -0.4 is 0 Å². The lowest BCUT2D eigenvalue weighted by atomic mass is 9.70. The highest BCUT2D eigenvalue weighted by Gasteiger charge is 2.65. The molecule has 10 heteroatoms. The van der Waals surface area contributed by atoms with Gasteiger partial charge in [-0.25, -0.2) is 8.42 Å². The van der Waals surface area contributed by atoms with Crippen LogP contribution in [0.25, 0.3) is 0 Å². The average Bonchev–Trinajstić information content (AvgIpc) is 3.59. The van der Waals surface area contributed by atoms with Crippen LogP contribution in [0.5, 0.6) is 0 Å². The SMILES string of the molecule is CC1(C)C2CCC1(CS(=O)(=O)N(CCCN1CCOCC1)CC(=O)N(Cc1ccccc1)Cc1ccco1)C(=O)C2. The molecular formula is C31H43N3O6S. The maximum atomic E-state index is 14.2. The van der Waals surface area contributed by atoms with Crippen molar-refractivity contribution >= 4 is 21.7 Å². The van der Waals surface area contributed by atoms with Gasteiger partial charge < -0.3 is 14.1 Å².